The maximum absolute atomic E-state index is 13.1. The number of rotatable bonds is 5. The first-order chi connectivity index (χ1) is 9.89. The lowest BCUT2D eigenvalue weighted by Crippen LogP contribution is -2.30. The third-order valence-corrected chi connectivity index (χ3v) is 3.60. The van der Waals surface area contributed by atoms with Crippen LogP contribution in [0.3, 0.4) is 0 Å². The van der Waals surface area contributed by atoms with Crippen LogP contribution in [0.4, 0.5) is 4.39 Å². The van der Waals surface area contributed by atoms with Crippen molar-refractivity contribution >= 4 is 11.6 Å². The van der Waals surface area contributed by atoms with E-state index in [1.165, 1.54) is 6.07 Å². The fourth-order valence-corrected chi connectivity index (χ4v) is 2.54. The number of ether oxygens (including phenoxy) is 1. The molecule has 1 unspecified atom stereocenters. The Morgan fingerprint density at radius 3 is 2.24 bits per heavy atom. The lowest BCUT2D eigenvalue weighted by Gasteiger charge is -2.24. The van der Waals surface area contributed by atoms with Crippen molar-refractivity contribution in [3.8, 4) is 5.75 Å². The summed E-state index contributed by atoms with van der Waals surface area (Å²) in [7, 11) is 1.61. The number of aliphatic hydroxyl groups is 1. The molecule has 2 aromatic rings. The summed E-state index contributed by atoms with van der Waals surface area (Å²) in [5.41, 5.74) is 0.879. The van der Waals surface area contributed by atoms with Crippen molar-refractivity contribution in [1.29, 1.82) is 0 Å². The van der Waals surface area contributed by atoms with Gasteiger partial charge in [0.1, 0.15) is 11.6 Å². The van der Waals surface area contributed by atoms with Gasteiger partial charge in [0.05, 0.1) is 17.7 Å². The molecule has 0 fully saturated rings. The minimum atomic E-state index is -0.935. The maximum Gasteiger partial charge on any atom is 0.141 e. The number of hydrogen-bond donors (Lipinski definition) is 1. The molecule has 21 heavy (non-hydrogen) atoms. The second-order valence-electron chi connectivity index (χ2n) is 5.45. The van der Waals surface area contributed by atoms with Crippen LogP contribution in [0, 0.1) is 5.82 Å². The normalized spacial score (nSPS) is 13.8. The summed E-state index contributed by atoms with van der Waals surface area (Å²) in [6, 6.07) is 12.1. The minimum Gasteiger partial charge on any atom is -0.497 e. The highest BCUT2D eigenvalue weighted by molar-refractivity contribution is 6.30. The van der Waals surface area contributed by atoms with Gasteiger partial charge in [0.15, 0.2) is 0 Å². The monoisotopic (exact) mass is 308 g/mol. The molecule has 0 aliphatic carbocycles. The summed E-state index contributed by atoms with van der Waals surface area (Å²) in [6.07, 6.45) is 0.894. The zero-order valence-corrected chi connectivity index (χ0v) is 12.8. The van der Waals surface area contributed by atoms with Crippen molar-refractivity contribution in [1.82, 2.24) is 0 Å². The molecule has 0 bridgehead atoms. The molecule has 0 aliphatic heterocycles. The van der Waals surface area contributed by atoms with Gasteiger partial charge in [-0.3, -0.25) is 0 Å². The third-order valence-electron chi connectivity index (χ3n) is 3.31. The Morgan fingerprint density at radius 2 is 1.67 bits per heavy atom. The van der Waals surface area contributed by atoms with E-state index in [0.717, 1.165) is 16.9 Å². The predicted molar refractivity (Wildman–Crippen MR) is 82.4 cm³/mol. The van der Waals surface area contributed by atoms with Gasteiger partial charge in [-0.25, -0.2) is 4.39 Å². The highest BCUT2D eigenvalue weighted by Gasteiger charge is 2.22. The molecule has 0 radical (unpaired) electrons. The van der Waals surface area contributed by atoms with E-state index in [1.54, 1.807) is 26.2 Å². The molecule has 1 N–H and O–H groups in total. The van der Waals surface area contributed by atoms with E-state index >= 15 is 0 Å². The first-order valence-electron chi connectivity index (χ1n) is 6.69. The highest BCUT2D eigenvalue weighted by Crippen LogP contribution is 2.23. The lowest BCUT2D eigenvalue weighted by molar-refractivity contribution is 0.0608. The maximum atomic E-state index is 13.1. The van der Waals surface area contributed by atoms with Gasteiger partial charge in [0.25, 0.3) is 0 Å². The third kappa shape index (κ3) is 4.45. The van der Waals surface area contributed by atoms with Crippen LogP contribution in [-0.2, 0) is 12.8 Å². The van der Waals surface area contributed by atoms with Gasteiger partial charge in [-0.15, -0.1) is 0 Å². The first-order valence-corrected chi connectivity index (χ1v) is 7.07. The molecule has 0 saturated carbocycles. The van der Waals surface area contributed by atoms with Gasteiger partial charge in [-0.05, 0) is 42.3 Å². The quantitative estimate of drug-likeness (QED) is 0.904. The Balaban J connectivity index is 2.07. The van der Waals surface area contributed by atoms with Gasteiger partial charge >= 0.3 is 0 Å². The number of hydrogen-bond acceptors (Lipinski definition) is 2. The second kappa shape index (κ2) is 6.46. The molecular formula is C17H18ClFO2. The van der Waals surface area contributed by atoms with Gasteiger partial charge in [0.2, 0.25) is 0 Å². The topological polar surface area (TPSA) is 29.5 Å². The zero-order chi connectivity index (χ0) is 15.5. The standard InChI is InChI=1S/C17H18ClFO2/c1-17(20,10-12-3-6-14(21-2)7-4-12)11-13-5-8-16(19)15(18)9-13/h3-9,20H,10-11H2,1-2H3. The van der Waals surface area contributed by atoms with E-state index in [1.807, 2.05) is 24.3 Å². The van der Waals surface area contributed by atoms with Crippen LogP contribution >= 0.6 is 11.6 Å². The molecular weight excluding hydrogens is 291 g/mol. The molecule has 0 spiro atoms. The Hall–Kier alpha value is -1.58. The molecule has 0 heterocycles. The predicted octanol–water partition coefficient (Wildman–Crippen LogP) is 4.02. The van der Waals surface area contributed by atoms with Crippen LogP contribution in [0.25, 0.3) is 0 Å². The van der Waals surface area contributed by atoms with E-state index < -0.39 is 11.4 Å². The summed E-state index contributed by atoms with van der Waals surface area (Å²) >= 11 is 5.77. The average molecular weight is 309 g/mol. The average Bonchev–Trinajstić information content (AvgIpc) is 2.43. The Morgan fingerprint density at radius 1 is 1.10 bits per heavy atom. The first kappa shape index (κ1) is 15.8. The minimum absolute atomic E-state index is 0.0766. The number of methoxy groups -OCH3 is 1. The molecule has 0 aromatic heterocycles. The highest BCUT2D eigenvalue weighted by atomic mass is 35.5. The molecule has 2 rings (SSSR count). The Labute approximate surface area is 129 Å². The van der Waals surface area contributed by atoms with E-state index in [0.29, 0.717) is 12.8 Å². The van der Waals surface area contributed by atoms with Crippen LogP contribution in [0.15, 0.2) is 42.5 Å². The van der Waals surface area contributed by atoms with E-state index in [-0.39, 0.29) is 5.02 Å². The smallest absolute Gasteiger partial charge is 0.141 e. The zero-order valence-electron chi connectivity index (χ0n) is 12.1. The molecule has 1 atom stereocenters. The van der Waals surface area contributed by atoms with Crippen LogP contribution in [0.2, 0.25) is 5.02 Å². The molecule has 112 valence electrons. The lowest BCUT2D eigenvalue weighted by atomic mass is 9.90. The van der Waals surface area contributed by atoms with E-state index in [2.05, 4.69) is 0 Å². The molecule has 0 saturated heterocycles. The Bertz CT molecular complexity index is 609. The van der Waals surface area contributed by atoms with Crippen LogP contribution in [-0.4, -0.2) is 17.8 Å². The van der Waals surface area contributed by atoms with Crippen molar-refractivity contribution in [3.63, 3.8) is 0 Å². The molecule has 4 heteroatoms. The van der Waals surface area contributed by atoms with Crippen molar-refractivity contribution in [2.45, 2.75) is 25.4 Å². The summed E-state index contributed by atoms with van der Waals surface area (Å²) < 4.78 is 18.3. The molecule has 2 aromatic carbocycles. The van der Waals surface area contributed by atoms with E-state index in [9.17, 15) is 9.50 Å². The molecule has 0 aliphatic rings. The molecule has 2 nitrogen and oxygen atoms in total. The van der Waals surface area contributed by atoms with Gasteiger partial charge in [0, 0.05) is 12.8 Å². The summed E-state index contributed by atoms with van der Waals surface area (Å²) in [6.45, 7) is 1.76. The summed E-state index contributed by atoms with van der Waals surface area (Å²) in [5.74, 6) is 0.332. The van der Waals surface area contributed by atoms with Crippen LogP contribution in [0.5, 0.6) is 5.75 Å². The van der Waals surface area contributed by atoms with Gasteiger partial charge in [-0.2, -0.15) is 0 Å². The fourth-order valence-electron chi connectivity index (χ4n) is 2.33. The van der Waals surface area contributed by atoms with Crippen molar-refractivity contribution < 1.29 is 14.2 Å². The van der Waals surface area contributed by atoms with Crippen LogP contribution in [0.1, 0.15) is 18.1 Å². The second-order valence-corrected chi connectivity index (χ2v) is 5.85. The number of benzene rings is 2. The van der Waals surface area contributed by atoms with Crippen molar-refractivity contribution in [2.24, 2.45) is 0 Å². The largest absolute Gasteiger partial charge is 0.497 e. The van der Waals surface area contributed by atoms with Crippen LogP contribution < -0.4 is 4.74 Å². The van der Waals surface area contributed by atoms with Crippen molar-refractivity contribution in [2.75, 3.05) is 7.11 Å². The van der Waals surface area contributed by atoms with Gasteiger partial charge in [-0.1, -0.05) is 29.8 Å². The Kier molecular flexibility index (Phi) is 4.86. The SMILES string of the molecule is COc1ccc(CC(C)(O)Cc2ccc(F)c(Cl)c2)cc1. The fraction of sp³-hybridized carbons (Fsp3) is 0.294. The number of halogens is 2. The van der Waals surface area contributed by atoms with E-state index in [4.69, 9.17) is 16.3 Å². The molecule has 0 amide bonds. The summed E-state index contributed by atoms with van der Waals surface area (Å²) in [4.78, 5) is 0. The van der Waals surface area contributed by atoms with Gasteiger partial charge < -0.3 is 9.84 Å². The van der Waals surface area contributed by atoms with Crippen molar-refractivity contribution in [3.05, 3.63) is 64.4 Å². The summed E-state index contributed by atoms with van der Waals surface area (Å²) in [5, 5.41) is 10.6.